The quantitative estimate of drug-likeness (QED) is 0.795. The van der Waals surface area contributed by atoms with Gasteiger partial charge in [0.2, 0.25) is 0 Å². The topological polar surface area (TPSA) is 37.3 Å². The van der Waals surface area contributed by atoms with Crippen molar-refractivity contribution in [3.8, 4) is 0 Å². The Balaban J connectivity index is 2.65. The molecule has 1 aromatic carbocycles. The average Bonchev–Trinajstić information content (AvgIpc) is 2.17. The van der Waals surface area contributed by atoms with Gasteiger partial charge in [0.1, 0.15) is 13.5 Å². The summed E-state index contributed by atoms with van der Waals surface area (Å²) in [6.07, 6.45) is -0.398. The van der Waals surface area contributed by atoms with Crippen molar-refractivity contribution in [3.63, 3.8) is 0 Å². The van der Waals surface area contributed by atoms with Crippen molar-refractivity contribution in [1.82, 2.24) is 0 Å². The van der Waals surface area contributed by atoms with Crippen molar-refractivity contribution in [1.29, 1.82) is 0 Å². The summed E-state index contributed by atoms with van der Waals surface area (Å²) in [4.78, 5) is 11.8. The smallest absolute Gasteiger partial charge is 0.124 e. The van der Waals surface area contributed by atoms with E-state index in [9.17, 15) is 9.90 Å². The van der Waals surface area contributed by atoms with E-state index in [2.05, 4.69) is 0 Å². The third-order valence-electron chi connectivity index (χ3n) is 2.40. The van der Waals surface area contributed by atoms with Crippen LogP contribution in [0.5, 0.6) is 0 Å². The van der Waals surface area contributed by atoms with Gasteiger partial charge in [-0.25, -0.2) is 0 Å². The number of benzene rings is 1. The Morgan fingerprint density at radius 1 is 1.27 bits per heavy atom. The lowest BCUT2D eigenvalue weighted by molar-refractivity contribution is -0.114. The minimum atomic E-state index is -1.76. The number of rotatable bonds is 4. The van der Waals surface area contributed by atoms with Gasteiger partial charge < -0.3 is 9.90 Å². The number of aliphatic hydroxyl groups excluding tert-OH is 1. The second-order valence-electron chi connectivity index (χ2n) is 4.80. The third-order valence-corrected chi connectivity index (χ3v) is 4.28. The highest BCUT2D eigenvalue weighted by Crippen LogP contribution is 2.19. The van der Waals surface area contributed by atoms with Gasteiger partial charge in [-0.2, -0.15) is 0 Å². The minimum Gasteiger partial charge on any atom is -0.388 e. The Bertz CT molecular complexity index is 327. The van der Waals surface area contributed by atoms with Crippen LogP contribution in [0.2, 0.25) is 19.6 Å². The van der Waals surface area contributed by atoms with Crippen molar-refractivity contribution in [2.24, 2.45) is 0 Å². The SMILES string of the molecule is C[Si](C)(C)C(=O)CC(O)c1ccccc1. The Kier molecular flexibility index (Phi) is 3.82. The third kappa shape index (κ3) is 3.61. The van der Waals surface area contributed by atoms with Crippen molar-refractivity contribution in [2.45, 2.75) is 32.2 Å². The molecule has 1 rings (SSSR count). The predicted octanol–water partition coefficient (Wildman–Crippen LogP) is 2.56. The molecule has 15 heavy (non-hydrogen) atoms. The molecule has 1 unspecified atom stereocenters. The largest absolute Gasteiger partial charge is 0.388 e. The molecule has 0 fully saturated rings. The van der Waals surface area contributed by atoms with Crippen molar-refractivity contribution in [2.75, 3.05) is 0 Å². The standard InChI is InChI=1S/C12H18O2Si/c1-15(2,3)12(14)9-11(13)10-7-5-4-6-8-10/h4-8,11,13H,9H2,1-3H3. The molecule has 3 heteroatoms. The van der Waals surface area contributed by atoms with E-state index in [-0.39, 0.29) is 11.8 Å². The van der Waals surface area contributed by atoms with E-state index in [1.165, 1.54) is 0 Å². The predicted molar refractivity (Wildman–Crippen MR) is 64.4 cm³/mol. The molecule has 0 aliphatic carbocycles. The Hall–Kier alpha value is -0.933. The van der Waals surface area contributed by atoms with Gasteiger partial charge in [-0.3, -0.25) is 0 Å². The van der Waals surface area contributed by atoms with E-state index >= 15 is 0 Å². The second-order valence-corrected chi connectivity index (χ2v) is 9.86. The molecule has 1 N–H and O–H groups in total. The molecule has 0 aliphatic rings. The summed E-state index contributed by atoms with van der Waals surface area (Å²) in [7, 11) is -1.76. The van der Waals surface area contributed by atoms with Gasteiger partial charge in [0, 0.05) is 6.42 Å². The maximum atomic E-state index is 11.8. The first-order chi connectivity index (χ1) is 6.91. The summed E-state index contributed by atoms with van der Waals surface area (Å²) in [5, 5.41) is 10.1. The average molecular weight is 222 g/mol. The Morgan fingerprint density at radius 2 is 1.80 bits per heavy atom. The fraction of sp³-hybridized carbons (Fsp3) is 0.417. The highest BCUT2D eigenvalue weighted by atomic mass is 28.3. The molecule has 82 valence electrons. The van der Waals surface area contributed by atoms with Crippen LogP contribution in [0.4, 0.5) is 0 Å². The molecule has 0 aliphatic heterocycles. The lowest BCUT2D eigenvalue weighted by Gasteiger charge is -2.17. The molecular formula is C12H18O2Si. The zero-order valence-electron chi connectivity index (χ0n) is 9.53. The maximum Gasteiger partial charge on any atom is 0.124 e. The minimum absolute atomic E-state index is 0.221. The van der Waals surface area contributed by atoms with Crippen LogP contribution in [0, 0.1) is 0 Å². The van der Waals surface area contributed by atoms with Crippen LogP contribution < -0.4 is 0 Å². The summed E-state index contributed by atoms with van der Waals surface area (Å²) in [5.74, 6) is 0. The fourth-order valence-corrected chi connectivity index (χ4v) is 2.08. The van der Waals surface area contributed by atoms with Gasteiger partial charge >= 0.3 is 0 Å². The number of carbonyl (C=O) groups is 1. The van der Waals surface area contributed by atoms with E-state index in [1.54, 1.807) is 0 Å². The summed E-state index contributed by atoms with van der Waals surface area (Å²) < 4.78 is 0. The molecule has 0 radical (unpaired) electrons. The van der Waals surface area contributed by atoms with Gasteiger partial charge in [-0.1, -0.05) is 50.0 Å². The van der Waals surface area contributed by atoms with E-state index in [4.69, 9.17) is 0 Å². The first kappa shape index (κ1) is 12.1. The summed E-state index contributed by atoms with van der Waals surface area (Å²) in [6, 6.07) is 9.34. The first-order valence-electron chi connectivity index (χ1n) is 5.17. The van der Waals surface area contributed by atoms with Crippen LogP contribution in [0.15, 0.2) is 30.3 Å². The molecule has 0 saturated heterocycles. The van der Waals surface area contributed by atoms with E-state index in [1.807, 2.05) is 50.0 Å². The number of aliphatic hydroxyl groups is 1. The van der Waals surface area contributed by atoms with Crippen molar-refractivity contribution in [3.05, 3.63) is 35.9 Å². The van der Waals surface area contributed by atoms with Crippen LogP contribution in [-0.4, -0.2) is 18.6 Å². The summed E-state index contributed by atoms with van der Waals surface area (Å²) >= 11 is 0. The van der Waals surface area contributed by atoms with Crippen LogP contribution in [0.25, 0.3) is 0 Å². The van der Waals surface area contributed by atoms with Crippen LogP contribution in [0.3, 0.4) is 0 Å². The highest BCUT2D eigenvalue weighted by Gasteiger charge is 2.26. The van der Waals surface area contributed by atoms with Crippen molar-refractivity contribution < 1.29 is 9.90 Å². The number of hydrogen-bond acceptors (Lipinski definition) is 2. The van der Waals surface area contributed by atoms with Gasteiger partial charge in [0.05, 0.1) is 6.10 Å². The van der Waals surface area contributed by atoms with Gasteiger partial charge in [0.25, 0.3) is 0 Å². The monoisotopic (exact) mass is 222 g/mol. The number of hydrogen-bond donors (Lipinski definition) is 1. The van der Waals surface area contributed by atoms with Crippen molar-refractivity contribution >= 4 is 13.5 Å². The molecule has 1 aromatic rings. The zero-order chi connectivity index (χ0) is 11.5. The number of carbonyl (C=O) groups excluding carboxylic acids is 1. The van der Waals surface area contributed by atoms with Crippen LogP contribution in [-0.2, 0) is 4.79 Å². The molecule has 0 aromatic heterocycles. The maximum absolute atomic E-state index is 11.8. The summed E-state index contributed by atoms with van der Waals surface area (Å²) in [5.41, 5.74) is 0.823. The Morgan fingerprint density at radius 3 is 2.27 bits per heavy atom. The molecule has 0 bridgehead atoms. The van der Waals surface area contributed by atoms with Gasteiger partial charge in [0.15, 0.2) is 0 Å². The first-order valence-corrected chi connectivity index (χ1v) is 8.67. The van der Waals surface area contributed by atoms with Crippen LogP contribution in [0.1, 0.15) is 18.1 Å². The van der Waals surface area contributed by atoms with E-state index in [0.717, 1.165) is 5.56 Å². The second kappa shape index (κ2) is 4.73. The molecule has 2 nitrogen and oxygen atoms in total. The molecular weight excluding hydrogens is 204 g/mol. The lowest BCUT2D eigenvalue weighted by atomic mass is 10.1. The zero-order valence-corrected chi connectivity index (χ0v) is 10.5. The van der Waals surface area contributed by atoms with Gasteiger partial charge in [-0.05, 0) is 5.56 Å². The lowest BCUT2D eigenvalue weighted by Crippen LogP contribution is -2.34. The molecule has 0 heterocycles. The highest BCUT2D eigenvalue weighted by molar-refractivity contribution is 7.03. The van der Waals surface area contributed by atoms with Crippen LogP contribution >= 0.6 is 0 Å². The fourth-order valence-electron chi connectivity index (χ4n) is 1.27. The molecule has 0 spiro atoms. The Labute approximate surface area is 92.0 Å². The van der Waals surface area contributed by atoms with E-state index < -0.39 is 14.2 Å². The molecule has 0 amide bonds. The molecule has 1 atom stereocenters. The van der Waals surface area contributed by atoms with Gasteiger partial charge in [-0.15, -0.1) is 0 Å². The molecule has 0 saturated carbocycles. The van der Waals surface area contributed by atoms with E-state index in [0.29, 0.717) is 0 Å². The normalized spacial score (nSPS) is 13.6. The summed E-state index contributed by atoms with van der Waals surface area (Å²) in [6.45, 7) is 6.02.